The normalized spacial score (nSPS) is 14.9. The van der Waals surface area contributed by atoms with Gasteiger partial charge in [0.2, 0.25) is 0 Å². The van der Waals surface area contributed by atoms with E-state index in [0.717, 1.165) is 46.6 Å². The smallest absolute Gasteiger partial charge is 0.548 e. The Bertz CT molecular complexity index is 1350. The van der Waals surface area contributed by atoms with Crippen LogP contribution in [0.5, 0.6) is 0 Å². The zero-order valence-electron chi connectivity index (χ0n) is 25.6. The summed E-state index contributed by atoms with van der Waals surface area (Å²) in [6, 6.07) is 20.4. The van der Waals surface area contributed by atoms with E-state index in [0.29, 0.717) is 29.4 Å². The van der Waals surface area contributed by atoms with Crippen LogP contribution in [-0.4, -0.2) is 29.9 Å². The minimum Gasteiger partial charge on any atom is -0.548 e. The number of benzene rings is 3. The molecule has 4 rings (SSSR count). The summed E-state index contributed by atoms with van der Waals surface area (Å²) in [4.78, 5) is 25.1. The van der Waals surface area contributed by atoms with Crippen molar-refractivity contribution in [2.45, 2.75) is 77.0 Å². The van der Waals surface area contributed by atoms with Crippen LogP contribution >= 0.6 is 23.4 Å². The summed E-state index contributed by atoms with van der Waals surface area (Å²) in [5.74, 6) is -0.357. The number of rotatable bonds is 14. The van der Waals surface area contributed by atoms with Crippen molar-refractivity contribution in [1.82, 2.24) is 5.32 Å². The molecule has 3 aromatic carbocycles. The second-order valence-electron chi connectivity index (χ2n) is 11.3. The quantitative estimate of drug-likeness (QED) is 0.270. The number of hydrogen-bond acceptors (Lipinski definition) is 5. The first-order chi connectivity index (χ1) is 20.4. The third-order valence-corrected chi connectivity index (χ3v) is 9.08. The molecule has 1 N–H and O–H groups in total. The molecule has 1 amide bonds. The van der Waals surface area contributed by atoms with Gasteiger partial charge in [0.05, 0.1) is 24.7 Å². The molecule has 0 aromatic heterocycles. The number of aryl methyl sites for hydroxylation is 1. The van der Waals surface area contributed by atoms with Gasteiger partial charge in [0.1, 0.15) is 0 Å². The van der Waals surface area contributed by atoms with Gasteiger partial charge in [-0.25, -0.2) is 0 Å². The number of nitrogens with one attached hydrogen (secondary N) is 1. The molecule has 224 valence electrons. The summed E-state index contributed by atoms with van der Waals surface area (Å²) in [7, 11) is 0. The number of halogens is 1. The number of amides is 1. The van der Waals surface area contributed by atoms with Crippen LogP contribution in [0.15, 0.2) is 66.7 Å². The van der Waals surface area contributed by atoms with E-state index in [1.807, 2.05) is 67.8 Å². The van der Waals surface area contributed by atoms with Crippen molar-refractivity contribution < 1.29 is 38.3 Å². The van der Waals surface area contributed by atoms with Crippen LogP contribution in [0.1, 0.15) is 84.5 Å². The molecule has 0 radical (unpaired) electrons. The third-order valence-electron chi connectivity index (χ3n) is 8.20. The topological polar surface area (TPSA) is 78.5 Å². The Morgan fingerprint density at radius 2 is 1.77 bits per heavy atom. The van der Waals surface area contributed by atoms with E-state index in [-0.39, 0.29) is 25.0 Å². The summed E-state index contributed by atoms with van der Waals surface area (Å²) in [6.07, 6.45) is 10.7. The van der Waals surface area contributed by atoms with E-state index in [4.69, 9.17) is 16.3 Å². The van der Waals surface area contributed by atoms with Gasteiger partial charge < -0.3 is 20.0 Å². The van der Waals surface area contributed by atoms with Crippen LogP contribution in [0, 0.1) is 12.8 Å². The Hall–Kier alpha value is -2.20. The molecule has 1 fully saturated rings. The number of aliphatic carboxylic acids is 1. The average Bonchev–Trinajstić information content (AvgIpc) is 2.99. The van der Waals surface area contributed by atoms with Crippen molar-refractivity contribution in [3.05, 3.63) is 94.0 Å². The summed E-state index contributed by atoms with van der Waals surface area (Å²) in [5, 5.41) is 15.1. The van der Waals surface area contributed by atoms with Gasteiger partial charge in [0, 0.05) is 10.6 Å². The van der Waals surface area contributed by atoms with Crippen molar-refractivity contribution in [3.8, 4) is 11.1 Å². The SMILES string of the molecule is CSCC[C@H](NC(=O)c1ccc(COC(CCC2CCCCC2)c2cccc(Cl)c2)cc1-c1ccccc1C)C(=O)[O-].[Li+]. The second kappa shape index (κ2) is 17.9. The largest absolute Gasteiger partial charge is 1.00 e. The molecule has 1 aliphatic carbocycles. The Kier molecular flexibility index (Phi) is 14.7. The molecule has 8 heteroatoms. The Morgan fingerprint density at radius 1 is 1.00 bits per heavy atom. The zero-order valence-corrected chi connectivity index (χ0v) is 27.1. The van der Waals surface area contributed by atoms with Gasteiger partial charge in [-0.15, -0.1) is 0 Å². The number of thioether (sulfide) groups is 1. The van der Waals surface area contributed by atoms with E-state index in [1.54, 1.807) is 6.07 Å². The first-order valence-electron chi connectivity index (χ1n) is 14.9. The van der Waals surface area contributed by atoms with Crippen molar-refractivity contribution in [2.75, 3.05) is 12.0 Å². The summed E-state index contributed by atoms with van der Waals surface area (Å²) in [6.45, 7) is 2.38. The Labute approximate surface area is 277 Å². The molecular formula is C35H41ClLiNO4S. The maximum Gasteiger partial charge on any atom is 1.00 e. The first kappa shape index (κ1) is 35.3. The van der Waals surface area contributed by atoms with Gasteiger partial charge in [0.25, 0.3) is 5.91 Å². The van der Waals surface area contributed by atoms with Crippen molar-refractivity contribution in [3.63, 3.8) is 0 Å². The predicted molar refractivity (Wildman–Crippen MR) is 171 cm³/mol. The van der Waals surface area contributed by atoms with Crippen LogP contribution in [-0.2, 0) is 16.1 Å². The Balaban J connectivity index is 0.00000506. The third kappa shape index (κ3) is 10.4. The molecule has 0 heterocycles. The summed E-state index contributed by atoms with van der Waals surface area (Å²) < 4.78 is 6.57. The van der Waals surface area contributed by atoms with E-state index < -0.39 is 17.9 Å². The van der Waals surface area contributed by atoms with Gasteiger partial charge in [-0.1, -0.05) is 86.2 Å². The van der Waals surface area contributed by atoms with Gasteiger partial charge >= 0.3 is 18.9 Å². The first-order valence-corrected chi connectivity index (χ1v) is 16.7. The zero-order chi connectivity index (χ0) is 29.9. The standard InChI is InChI=1S/C35H42ClNO4S.Li/c1-24-9-6-7-14-29(24)31-21-26(15-17-30(31)34(38)37-32(35(39)40)19-20-42-2)23-41-33(27-12-8-13-28(36)22-27)18-16-25-10-4-3-5-11-25;/h6-9,12-15,17,21-22,25,32-33H,3-5,10-11,16,18-20,23H2,1-2H3,(H,37,38)(H,39,40);/q;+1/p-1/t32-,33?;/m0./s1. The summed E-state index contributed by atoms with van der Waals surface area (Å²) in [5.41, 5.74) is 5.12. The number of ether oxygens (including phenoxy) is 1. The van der Waals surface area contributed by atoms with Crippen LogP contribution in [0.2, 0.25) is 5.02 Å². The van der Waals surface area contributed by atoms with Gasteiger partial charge in [-0.2, -0.15) is 11.8 Å². The van der Waals surface area contributed by atoms with Crippen molar-refractivity contribution in [1.29, 1.82) is 0 Å². The van der Waals surface area contributed by atoms with E-state index >= 15 is 0 Å². The Morgan fingerprint density at radius 3 is 2.47 bits per heavy atom. The van der Waals surface area contributed by atoms with Crippen molar-refractivity contribution >= 4 is 35.2 Å². The molecule has 1 saturated carbocycles. The molecule has 3 aromatic rings. The maximum atomic E-state index is 13.4. The molecule has 43 heavy (non-hydrogen) atoms. The minimum atomic E-state index is -1.28. The molecule has 2 atom stereocenters. The second-order valence-corrected chi connectivity index (χ2v) is 12.7. The number of carboxylic acids is 1. The molecule has 0 spiro atoms. The fourth-order valence-corrected chi connectivity index (χ4v) is 6.48. The molecule has 0 saturated heterocycles. The molecule has 0 bridgehead atoms. The van der Waals surface area contributed by atoms with Crippen molar-refractivity contribution in [2.24, 2.45) is 5.92 Å². The van der Waals surface area contributed by atoms with E-state index in [1.165, 1.54) is 43.9 Å². The van der Waals surface area contributed by atoms with E-state index in [9.17, 15) is 14.7 Å². The molecule has 0 aliphatic heterocycles. The molecule has 1 aliphatic rings. The van der Waals surface area contributed by atoms with Crippen LogP contribution in [0.4, 0.5) is 0 Å². The summed E-state index contributed by atoms with van der Waals surface area (Å²) >= 11 is 7.88. The maximum absolute atomic E-state index is 13.4. The van der Waals surface area contributed by atoms with Gasteiger partial charge in [0.15, 0.2) is 0 Å². The molecule has 5 nitrogen and oxygen atoms in total. The fraction of sp³-hybridized carbons (Fsp3) is 0.429. The number of carboxylic acid groups (broad SMARTS) is 1. The van der Waals surface area contributed by atoms with Crippen LogP contribution in [0.3, 0.4) is 0 Å². The molecule has 1 unspecified atom stereocenters. The minimum absolute atomic E-state index is 0. The predicted octanol–water partition coefficient (Wildman–Crippen LogP) is 4.54. The number of carbonyl (C=O) groups excluding carboxylic acids is 2. The number of carbonyl (C=O) groups is 2. The van der Waals surface area contributed by atoms with Crippen LogP contribution < -0.4 is 29.3 Å². The number of hydrogen-bond donors (Lipinski definition) is 1. The average molecular weight is 614 g/mol. The fourth-order valence-electron chi connectivity index (χ4n) is 5.81. The van der Waals surface area contributed by atoms with E-state index in [2.05, 4.69) is 11.4 Å². The van der Waals surface area contributed by atoms with Crippen LogP contribution in [0.25, 0.3) is 11.1 Å². The van der Waals surface area contributed by atoms with Gasteiger partial charge in [-0.3, -0.25) is 4.79 Å². The monoisotopic (exact) mass is 613 g/mol. The van der Waals surface area contributed by atoms with Gasteiger partial charge in [-0.05, 0) is 96.2 Å². The molecular weight excluding hydrogens is 573 g/mol.